The van der Waals surface area contributed by atoms with Gasteiger partial charge in [0.1, 0.15) is 10.5 Å². The lowest BCUT2D eigenvalue weighted by atomic mass is 10.4. The Morgan fingerprint density at radius 1 is 1.53 bits per heavy atom. The third-order valence-corrected chi connectivity index (χ3v) is 3.00. The molecule has 0 saturated heterocycles. The molecule has 0 aliphatic carbocycles. The number of nitrogens with one attached hydrogen (secondary N) is 2. The van der Waals surface area contributed by atoms with Crippen LogP contribution in [0.25, 0.3) is 10.2 Å². The van der Waals surface area contributed by atoms with Crippen molar-refractivity contribution in [2.24, 2.45) is 0 Å². The summed E-state index contributed by atoms with van der Waals surface area (Å²) in [6.45, 7) is 1.31. The molecule has 0 atom stereocenters. The molecular weight excluding hydrogens is 242 g/mol. The lowest BCUT2D eigenvalue weighted by Crippen LogP contribution is -2.21. The molecule has 0 saturated carbocycles. The lowest BCUT2D eigenvalue weighted by Gasteiger charge is -2.04. The average molecular weight is 255 g/mol. The molecule has 0 fully saturated rings. The Bertz CT molecular complexity index is 537. The van der Waals surface area contributed by atoms with Gasteiger partial charge in [-0.05, 0) is 11.4 Å². The van der Waals surface area contributed by atoms with E-state index in [1.54, 1.807) is 7.11 Å². The van der Waals surface area contributed by atoms with E-state index in [0.29, 0.717) is 35.8 Å². The number of hydrogen-bond acceptors (Lipinski definition) is 6. The summed E-state index contributed by atoms with van der Waals surface area (Å²) in [6.07, 6.45) is 0. The zero-order chi connectivity index (χ0) is 12.1. The Kier molecular flexibility index (Phi) is 4.21. The maximum atomic E-state index is 11.6. The highest BCUT2D eigenvalue weighted by Crippen LogP contribution is 2.13. The zero-order valence-corrected chi connectivity index (χ0v) is 10.2. The molecule has 0 aliphatic heterocycles. The SMILES string of the molecule is COCCONCc1nc2ccsc2c(=O)[nH]1. The molecule has 0 bridgehead atoms. The molecule has 0 unspecified atom stereocenters. The van der Waals surface area contributed by atoms with E-state index < -0.39 is 0 Å². The van der Waals surface area contributed by atoms with Gasteiger partial charge in [0.2, 0.25) is 0 Å². The van der Waals surface area contributed by atoms with E-state index in [4.69, 9.17) is 9.57 Å². The Morgan fingerprint density at radius 3 is 3.24 bits per heavy atom. The fourth-order valence-corrected chi connectivity index (χ4v) is 2.05. The summed E-state index contributed by atoms with van der Waals surface area (Å²) in [4.78, 5) is 23.7. The summed E-state index contributed by atoms with van der Waals surface area (Å²) >= 11 is 1.38. The van der Waals surface area contributed by atoms with Crippen molar-refractivity contribution in [3.8, 4) is 0 Å². The van der Waals surface area contributed by atoms with Crippen molar-refractivity contribution >= 4 is 21.6 Å². The van der Waals surface area contributed by atoms with Gasteiger partial charge in [-0.15, -0.1) is 11.3 Å². The third-order valence-electron chi connectivity index (χ3n) is 2.10. The summed E-state index contributed by atoms with van der Waals surface area (Å²) in [5.41, 5.74) is 3.31. The number of hydroxylamine groups is 1. The number of hydrogen-bond donors (Lipinski definition) is 2. The number of nitrogens with zero attached hydrogens (tertiary/aromatic N) is 1. The Labute approximate surface area is 102 Å². The highest BCUT2D eigenvalue weighted by molar-refractivity contribution is 7.17. The van der Waals surface area contributed by atoms with Crippen LogP contribution in [0.5, 0.6) is 0 Å². The largest absolute Gasteiger partial charge is 0.382 e. The van der Waals surface area contributed by atoms with Crippen LogP contribution >= 0.6 is 11.3 Å². The fourth-order valence-electron chi connectivity index (χ4n) is 1.32. The average Bonchev–Trinajstić information content (AvgIpc) is 2.77. The highest BCUT2D eigenvalue weighted by atomic mass is 32.1. The van der Waals surface area contributed by atoms with Gasteiger partial charge in [-0.2, -0.15) is 5.48 Å². The maximum Gasteiger partial charge on any atom is 0.268 e. The van der Waals surface area contributed by atoms with Gasteiger partial charge in [-0.1, -0.05) is 0 Å². The van der Waals surface area contributed by atoms with Crippen molar-refractivity contribution in [3.05, 3.63) is 27.6 Å². The summed E-state index contributed by atoms with van der Waals surface area (Å²) in [5.74, 6) is 0.554. The van der Waals surface area contributed by atoms with Gasteiger partial charge >= 0.3 is 0 Å². The summed E-state index contributed by atoms with van der Waals surface area (Å²) in [7, 11) is 1.60. The first-order valence-electron chi connectivity index (χ1n) is 5.11. The first kappa shape index (κ1) is 12.2. The van der Waals surface area contributed by atoms with Crippen LogP contribution in [0.3, 0.4) is 0 Å². The zero-order valence-electron chi connectivity index (χ0n) is 9.36. The van der Waals surface area contributed by atoms with E-state index in [2.05, 4.69) is 15.4 Å². The second kappa shape index (κ2) is 5.87. The minimum Gasteiger partial charge on any atom is -0.382 e. The Morgan fingerprint density at radius 2 is 2.41 bits per heavy atom. The first-order valence-corrected chi connectivity index (χ1v) is 5.99. The van der Waals surface area contributed by atoms with E-state index in [9.17, 15) is 4.79 Å². The van der Waals surface area contributed by atoms with Crippen LogP contribution in [-0.2, 0) is 16.1 Å². The van der Waals surface area contributed by atoms with Gasteiger partial charge in [-0.3, -0.25) is 9.63 Å². The van der Waals surface area contributed by atoms with Crippen molar-refractivity contribution < 1.29 is 9.57 Å². The number of ether oxygens (including phenoxy) is 1. The third kappa shape index (κ3) is 3.10. The molecule has 2 N–H and O–H groups in total. The van der Waals surface area contributed by atoms with E-state index in [-0.39, 0.29) is 5.56 Å². The molecule has 0 spiro atoms. The number of H-pyrrole nitrogens is 1. The standard InChI is InChI=1S/C10H13N3O3S/c1-15-3-4-16-11-6-8-12-7-2-5-17-9(7)10(14)13-8/h2,5,11H,3-4,6H2,1H3,(H,12,13,14). The van der Waals surface area contributed by atoms with Gasteiger partial charge in [0.15, 0.2) is 0 Å². The number of aromatic amines is 1. The molecule has 6 nitrogen and oxygen atoms in total. The van der Waals surface area contributed by atoms with Crippen molar-refractivity contribution in [2.45, 2.75) is 6.54 Å². The molecule has 17 heavy (non-hydrogen) atoms. The number of methoxy groups -OCH3 is 1. The van der Waals surface area contributed by atoms with Crippen molar-refractivity contribution in [1.82, 2.24) is 15.4 Å². The van der Waals surface area contributed by atoms with Crippen LogP contribution in [-0.4, -0.2) is 30.3 Å². The van der Waals surface area contributed by atoms with Crippen LogP contribution in [0.4, 0.5) is 0 Å². The van der Waals surface area contributed by atoms with Crippen LogP contribution in [0.1, 0.15) is 5.82 Å². The molecular formula is C10H13N3O3S. The van der Waals surface area contributed by atoms with Crippen LogP contribution in [0.2, 0.25) is 0 Å². The van der Waals surface area contributed by atoms with E-state index in [1.165, 1.54) is 11.3 Å². The van der Waals surface area contributed by atoms with E-state index in [1.807, 2.05) is 11.4 Å². The predicted molar refractivity (Wildman–Crippen MR) is 64.9 cm³/mol. The Balaban J connectivity index is 1.97. The highest BCUT2D eigenvalue weighted by Gasteiger charge is 2.04. The topological polar surface area (TPSA) is 76.2 Å². The monoisotopic (exact) mass is 255 g/mol. The number of fused-ring (bicyclic) bond motifs is 1. The minimum atomic E-state index is -0.112. The quantitative estimate of drug-likeness (QED) is 0.585. The number of aromatic nitrogens is 2. The van der Waals surface area contributed by atoms with E-state index >= 15 is 0 Å². The number of thiophene rings is 1. The fraction of sp³-hybridized carbons (Fsp3) is 0.400. The van der Waals surface area contributed by atoms with Crippen LogP contribution < -0.4 is 11.0 Å². The van der Waals surface area contributed by atoms with Gasteiger partial charge in [0, 0.05) is 7.11 Å². The van der Waals surface area contributed by atoms with Gasteiger partial charge < -0.3 is 9.72 Å². The molecule has 7 heteroatoms. The Hall–Kier alpha value is -1.28. The first-order chi connectivity index (χ1) is 8.31. The molecule has 92 valence electrons. The molecule has 0 aromatic carbocycles. The van der Waals surface area contributed by atoms with Crippen LogP contribution in [0, 0.1) is 0 Å². The molecule has 0 amide bonds. The second-order valence-electron chi connectivity index (χ2n) is 3.31. The van der Waals surface area contributed by atoms with Crippen molar-refractivity contribution in [1.29, 1.82) is 0 Å². The smallest absolute Gasteiger partial charge is 0.268 e. The summed E-state index contributed by atoms with van der Waals surface area (Å²) < 4.78 is 5.47. The van der Waals surface area contributed by atoms with E-state index in [0.717, 1.165) is 0 Å². The molecule has 2 aromatic heterocycles. The predicted octanol–water partition coefficient (Wildman–Crippen LogP) is 0.652. The van der Waals surface area contributed by atoms with Crippen molar-refractivity contribution in [3.63, 3.8) is 0 Å². The molecule has 2 heterocycles. The van der Waals surface area contributed by atoms with Gasteiger partial charge in [0.25, 0.3) is 5.56 Å². The molecule has 2 rings (SSSR count). The maximum absolute atomic E-state index is 11.6. The molecule has 0 radical (unpaired) electrons. The van der Waals surface area contributed by atoms with Gasteiger partial charge in [0.05, 0.1) is 25.3 Å². The number of rotatable bonds is 6. The molecule has 2 aromatic rings. The minimum absolute atomic E-state index is 0.112. The summed E-state index contributed by atoms with van der Waals surface area (Å²) in [5, 5.41) is 1.85. The molecule has 0 aliphatic rings. The summed E-state index contributed by atoms with van der Waals surface area (Å²) in [6, 6.07) is 1.82. The lowest BCUT2D eigenvalue weighted by molar-refractivity contribution is 0.00248. The normalized spacial score (nSPS) is 11.1. The van der Waals surface area contributed by atoms with Gasteiger partial charge in [-0.25, -0.2) is 4.98 Å². The second-order valence-corrected chi connectivity index (χ2v) is 4.23. The van der Waals surface area contributed by atoms with Crippen molar-refractivity contribution in [2.75, 3.05) is 20.3 Å². The van der Waals surface area contributed by atoms with Crippen LogP contribution in [0.15, 0.2) is 16.2 Å².